The molecule has 0 heterocycles. The monoisotopic (exact) mass is 181 g/mol. The van der Waals surface area contributed by atoms with Gasteiger partial charge in [0.2, 0.25) is 0 Å². The van der Waals surface area contributed by atoms with E-state index in [1.807, 2.05) is 0 Å². The van der Waals surface area contributed by atoms with Crippen molar-refractivity contribution in [2.45, 2.75) is 64.3 Å². The second-order valence-corrected chi connectivity index (χ2v) is 5.43. The molecule has 76 valence electrons. The van der Waals surface area contributed by atoms with Crippen LogP contribution in [0.2, 0.25) is 0 Å². The first-order valence-corrected chi connectivity index (χ1v) is 5.98. The first-order valence-electron chi connectivity index (χ1n) is 5.98. The Kier molecular flexibility index (Phi) is 2.64. The lowest BCUT2D eigenvalue weighted by atomic mass is 9.83. The van der Waals surface area contributed by atoms with Crippen LogP contribution in [-0.4, -0.2) is 6.04 Å². The molecule has 1 atom stereocenters. The summed E-state index contributed by atoms with van der Waals surface area (Å²) >= 11 is 0. The third-order valence-electron chi connectivity index (χ3n) is 4.25. The van der Waals surface area contributed by atoms with Crippen LogP contribution in [0, 0.1) is 11.3 Å². The highest BCUT2D eigenvalue weighted by molar-refractivity contribution is 5.00. The highest BCUT2D eigenvalue weighted by Crippen LogP contribution is 2.50. The van der Waals surface area contributed by atoms with Gasteiger partial charge in [0.25, 0.3) is 0 Å². The SMILES string of the molecule is CC1(C(N)C2CCCCCC2)CC1. The topological polar surface area (TPSA) is 26.0 Å². The van der Waals surface area contributed by atoms with E-state index in [9.17, 15) is 0 Å². The van der Waals surface area contributed by atoms with Crippen LogP contribution in [0.5, 0.6) is 0 Å². The van der Waals surface area contributed by atoms with Gasteiger partial charge in [0, 0.05) is 6.04 Å². The van der Waals surface area contributed by atoms with Crippen molar-refractivity contribution in [2.24, 2.45) is 17.1 Å². The molecule has 2 N–H and O–H groups in total. The van der Waals surface area contributed by atoms with Crippen LogP contribution in [0.4, 0.5) is 0 Å². The largest absolute Gasteiger partial charge is 0.327 e. The minimum atomic E-state index is 0.505. The van der Waals surface area contributed by atoms with Gasteiger partial charge in [-0.2, -0.15) is 0 Å². The van der Waals surface area contributed by atoms with Gasteiger partial charge in [0.1, 0.15) is 0 Å². The van der Waals surface area contributed by atoms with Crippen molar-refractivity contribution in [1.29, 1.82) is 0 Å². The average molecular weight is 181 g/mol. The van der Waals surface area contributed by atoms with E-state index in [0.717, 1.165) is 5.92 Å². The lowest BCUT2D eigenvalue weighted by molar-refractivity contribution is 0.281. The molecule has 0 aromatic carbocycles. The fraction of sp³-hybridized carbons (Fsp3) is 1.00. The fourth-order valence-corrected chi connectivity index (χ4v) is 2.77. The van der Waals surface area contributed by atoms with Gasteiger partial charge in [0.15, 0.2) is 0 Å². The smallest absolute Gasteiger partial charge is 0.0121 e. The van der Waals surface area contributed by atoms with E-state index in [2.05, 4.69) is 6.92 Å². The standard InChI is InChI=1S/C12H23N/c1-12(8-9-12)11(13)10-6-4-2-3-5-7-10/h10-11H,2-9,13H2,1H3. The summed E-state index contributed by atoms with van der Waals surface area (Å²) in [5, 5.41) is 0. The molecule has 0 aliphatic heterocycles. The highest BCUT2D eigenvalue weighted by Gasteiger charge is 2.45. The van der Waals surface area contributed by atoms with E-state index >= 15 is 0 Å². The van der Waals surface area contributed by atoms with Crippen molar-refractivity contribution in [1.82, 2.24) is 0 Å². The third-order valence-corrected chi connectivity index (χ3v) is 4.25. The molecule has 1 unspecified atom stereocenters. The highest BCUT2D eigenvalue weighted by atomic mass is 14.7. The van der Waals surface area contributed by atoms with Crippen LogP contribution in [0.1, 0.15) is 58.3 Å². The van der Waals surface area contributed by atoms with Crippen LogP contribution in [0.15, 0.2) is 0 Å². The summed E-state index contributed by atoms with van der Waals surface area (Å²) in [6.45, 7) is 2.38. The molecular formula is C12H23N. The van der Waals surface area contributed by atoms with Crippen molar-refractivity contribution in [3.8, 4) is 0 Å². The molecule has 2 fully saturated rings. The van der Waals surface area contributed by atoms with Crippen LogP contribution >= 0.6 is 0 Å². The minimum Gasteiger partial charge on any atom is -0.327 e. The van der Waals surface area contributed by atoms with E-state index in [-0.39, 0.29) is 0 Å². The van der Waals surface area contributed by atoms with Crippen LogP contribution in [-0.2, 0) is 0 Å². The molecule has 0 amide bonds. The minimum absolute atomic E-state index is 0.505. The Balaban J connectivity index is 1.90. The van der Waals surface area contributed by atoms with Crippen molar-refractivity contribution >= 4 is 0 Å². The summed E-state index contributed by atoms with van der Waals surface area (Å²) in [6, 6.07) is 0.505. The maximum atomic E-state index is 6.36. The predicted octanol–water partition coefficient (Wildman–Crippen LogP) is 3.08. The molecule has 0 spiro atoms. The van der Waals surface area contributed by atoms with Gasteiger partial charge in [-0.1, -0.05) is 32.6 Å². The van der Waals surface area contributed by atoms with Gasteiger partial charge < -0.3 is 5.73 Å². The average Bonchev–Trinajstić information content (AvgIpc) is 2.88. The molecule has 0 aromatic heterocycles. The Morgan fingerprint density at radius 1 is 1.08 bits per heavy atom. The zero-order valence-corrected chi connectivity index (χ0v) is 8.89. The van der Waals surface area contributed by atoms with Crippen LogP contribution < -0.4 is 5.73 Å². The van der Waals surface area contributed by atoms with Gasteiger partial charge in [0.05, 0.1) is 0 Å². The van der Waals surface area contributed by atoms with Gasteiger partial charge >= 0.3 is 0 Å². The van der Waals surface area contributed by atoms with E-state index < -0.39 is 0 Å². The molecule has 2 saturated carbocycles. The van der Waals surface area contributed by atoms with Crippen LogP contribution in [0.25, 0.3) is 0 Å². The van der Waals surface area contributed by atoms with Gasteiger partial charge in [-0.3, -0.25) is 0 Å². The molecule has 0 aromatic rings. The fourth-order valence-electron chi connectivity index (χ4n) is 2.77. The Bertz CT molecular complexity index is 164. The summed E-state index contributed by atoms with van der Waals surface area (Å²) in [5.74, 6) is 0.843. The van der Waals surface area contributed by atoms with E-state index in [1.54, 1.807) is 0 Å². The lowest BCUT2D eigenvalue weighted by Gasteiger charge is -2.27. The Morgan fingerprint density at radius 3 is 2.08 bits per heavy atom. The normalized spacial score (nSPS) is 30.9. The molecule has 0 bridgehead atoms. The van der Waals surface area contributed by atoms with Crippen molar-refractivity contribution < 1.29 is 0 Å². The molecule has 2 rings (SSSR count). The molecule has 2 aliphatic carbocycles. The first-order chi connectivity index (χ1) is 6.22. The molecule has 13 heavy (non-hydrogen) atoms. The quantitative estimate of drug-likeness (QED) is 0.651. The zero-order chi connectivity index (χ0) is 9.31. The van der Waals surface area contributed by atoms with Crippen LogP contribution in [0.3, 0.4) is 0 Å². The van der Waals surface area contributed by atoms with Crippen molar-refractivity contribution in [3.63, 3.8) is 0 Å². The molecule has 1 heteroatoms. The number of hydrogen-bond acceptors (Lipinski definition) is 1. The second-order valence-electron chi connectivity index (χ2n) is 5.43. The number of hydrogen-bond donors (Lipinski definition) is 1. The summed E-state index contributed by atoms with van der Waals surface area (Å²) in [7, 11) is 0. The summed E-state index contributed by atoms with van der Waals surface area (Å²) in [6.07, 6.45) is 11.3. The van der Waals surface area contributed by atoms with Crippen molar-refractivity contribution in [2.75, 3.05) is 0 Å². The van der Waals surface area contributed by atoms with Gasteiger partial charge in [-0.05, 0) is 37.0 Å². The zero-order valence-electron chi connectivity index (χ0n) is 8.89. The second kappa shape index (κ2) is 3.61. The first kappa shape index (κ1) is 9.51. The predicted molar refractivity (Wildman–Crippen MR) is 56.5 cm³/mol. The molecular weight excluding hydrogens is 158 g/mol. The summed E-state index contributed by atoms with van der Waals surface area (Å²) < 4.78 is 0. The number of rotatable bonds is 2. The molecule has 0 saturated heterocycles. The summed E-state index contributed by atoms with van der Waals surface area (Å²) in [4.78, 5) is 0. The molecule has 0 radical (unpaired) electrons. The van der Waals surface area contributed by atoms with Gasteiger partial charge in [-0.15, -0.1) is 0 Å². The third kappa shape index (κ3) is 2.07. The van der Waals surface area contributed by atoms with E-state index in [0.29, 0.717) is 11.5 Å². The summed E-state index contributed by atoms with van der Waals surface area (Å²) in [5.41, 5.74) is 6.89. The van der Waals surface area contributed by atoms with Crippen molar-refractivity contribution in [3.05, 3.63) is 0 Å². The maximum absolute atomic E-state index is 6.36. The number of nitrogens with two attached hydrogens (primary N) is 1. The maximum Gasteiger partial charge on any atom is 0.0121 e. The molecule has 2 aliphatic rings. The molecule has 1 nitrogen and oxygen atoms in total. The van der Waals surface area contributed by atoms with Gasteiger partial charge in [-0.25, -0.2) is 0 Å². The Morgan fingerprint density at radius 2 is 1.62 bits per heavy atom. The lowest BCUT2D eigenvalue weighted by Crippen LogP contribution is -2.37. The van der Waals surface area contributed by atoms with E-state index in [4.69, 9.17) is 5.73 Å². The van der Waals surface area contributed by atoms with E-state index in [1.165, 1.54) is 51.4 Å². The Labute approximate surface area is 82.1 Å². The Hall–Kier alpha value is -0.0400.